The molecule has 0 aromatic carbocycles. The summed E-state index contributed by atoms with van der Waals surface area (Å²) in [5.74, 6) is -17.2. The molecule has 1 fully saturated rings. The Bertz CT molecular complexity index is 900. The third kappa shape index (κ3) is 1.60. The molecule has 0 radical (unpaired) electrons. The topological polar surface area (TPSA) is 37.3 Å². The summed E-state index contributed by atoms with van der Waals surface area (Å²) in [5, 5.41) is 10.6. The molecule has 4 rings (SSSR count). The Morgan fingerprint density at radius 2 is 1.50 bits per heavy atom. The Labute approximate surface area is 152 Å². The summed E-state index contributed by atoms with van der Waals surface area (Å²) in [6.07, 6.45) is 1.97. The number of carboxylic acid groups (broad SMARTS) is 1. The van der Waals surface area contributed by atoms with Crippen molar-refractivity contribution >= 4 is 29.5 Å². The lowest BCUT2D eigenvalue weighted by molar-refractivity contribution is -0.258. The minimum absolute atomic E-state index is 0.307. The van der Waals surface area contributed by atoms with Gasteiger partial charge in [0, 0.05) is 11.1 Å². The molecular formula is C16H10F6O2S2. The Hall–Kier alpha value is -1.29. The second-order valence-electron chi connectivity index (χ2n) is 6.70. The molecule has 0 aromatic rings. The quantitative estimate of drug-likeness (QED) is 0.615. The third-order valence-electron chi connectivity index (χ3n) is 5.48. The maximum absolute atomic E-state index is 14.5. The van der Waals surface area contributed by atoms with E-state index in [1.807, 2.05) is 0 Å². The molecule has 2 aliphatic heterocycles. The molecule has 1 saturated carbocycles. The van der Waals surface area contributed by atoms with E-state index in [1.165, 1.54) is 19.3 Å². The fraction of sp³-hybridized carbons (Fsp3) is 0.438. The van der Waals surface area contributed by atoms with Gasteiger partial charge in [0.1, 0.15) is 0 Å². The average Bonchev–Trinajstić information content (AvgIpc) is 3.09. The first kappa shape index (κ1) is 18.1. The molecule has 10 heteroatoms. The SMILES string of the molecule is C[C@@]12SC=CC1=C1C(=C3C=C(C(=O)O)S[C@]32C)C(F)(F)C(F)(F)C1(F)F. The smallest absolute Gasteiger partial charge is 0.380 e. The van der Waals surface area contributed by atoms with Gasteiger partial charge in [-0.25, -0.2) is 4.79 Å². The fourth-order valence-electron chi connectivity index (χ4n) is 3.93. The maximum Gasteiger partial charge on any atom is 0.380 e. The van der Waals surface area contributed by atoms with Crippen molar-refractivity contribution in [3.63, 3.8) is 0 Å². The molecular weight excluding hydrogens is 402 g/mol. The van der Waals surface area contributed by atoms with Crippen molar-refractivity contribution in [3.8, 4) is 0 Å². The number of fused-ring (bicyclic) bond motifs is 4. The van der Waals surface area contributed by atoms with Crippen LogP contribution in [0.4, 0.5) is 26.3 Å². The van der Waals surface area contributed by atoms with E-state index in [0.717, 1.165) is 23.9 Å². The predicted molar refractivity (Wildman–Crippen MR) is 85.7 cm³/mol. The minimum Gasteiger partial charge on any atom is -0.477 e. The normalized spacial score (nSPS) is 38.2. The summed E-state index contributed by atoms with van der Waals surface area (Å²) < 4.78 is 83.5. The van der Waals surface area contributed by atoms with Crippen LogP contribution in [0.3, 0.4) is 0 Å². The van der Waals surface area contributed by atoms with Gasteiger partial charge >= 0.3 is 23.7 Å². The summed E-state index contributed by atoms with van der Waals surface area (Å²) >= 11 is 1.74. The van der Waals surface area contributed by atoms with Crippen LogP contribution in [-0.2, 0) is 4.79 Å². The lowest BCUT2D eigenvalue weighted by Gasteiger charge is -2.46. The molecule has 4 aliphatic rings. The van der Waals surface area contributed by atoms with Gasteiger partial charge in [-0.15, -0.1) is 23.5 Å². The summed E-state index contributed by atoms with van der Waals surface area (Å²) in [6, 6.07) is 0. The van der Waals surface area contributed by atoms with E-state index in [9.17, 15) is 36.2 Å². The van der Waals surface area contributed by atoms with Crippen molar-refractivity contribution in [1.29, 1.82) is 0 Å². The van der Waals surface area contributed by atoms with E-state index in [4.69, 9.17) is 0 Å². The van der Waals surface area contributed by atoms with Crippen LogP contribution in [0, 0.1) is 0 Å². The van der Waals surface area contributed by atoms with E-state index in [0.29, 0.717) is 11.8 Å². The van der Waals surface area contributed by atoms with Crippen molar-refractivity contribution < 1.29 is 36.2 Å². The highest BCUT2D eigenvalue weighted by Gasteiger charge is 2.84. The molecule has 0 aromatic heterocycles. The van der Waals surface area contributed by atoms with Gasteiger partial charge in [-0.3, -0.25) is 0 Å². The first-order valence-corrected chi connectivity index (χ1v) is 9.06. The average molecular weight is 412 g/mol. The first-order valence-electron chi connectivity index (χ1n) is 7.36. The van der Waals surface area contributed by atoms with Gasteiger partial charge < -0.3 is 5.11 Å². The number of thioether (sulfide) groups is 2. The molecule has 2 aliphatic carbocycles. The second-order valence-corrected chi connectivity index (χ2v) is 9.49. The Morgan fingerprint density at radius 3 is 2.04 bits per heavy atom. The highest BCUT2D eigenvalue weighted by molar-refractivity contribution is 8.09. The number of alkyl halides is 6. The monoisotopic (exact) mass is 412 g/mol. The first-order chi connectivity index (χ1) is 11.7. The van der Waals surface area contributed by atoms with Gasteiger partial charge in [0.15, 0.2) is 0 Å². The summed E-state index contributed by atoms with van der Waals surface area (Å²) in [7, 11) is 0. The number of hydrogen-bond acceptors (Lipinski definition) is 3. The van der Waals surface area contributed by atoms with Crippen LogP contribution in [-0.4, -0.2) is 38.3 Å². The van der Waals surface area contributed by atoms with Crippen molar-refractivity contribution in [2.75, 3.05) is 0 Å². The molecule has 0 amide bonds. The molecule has 0 saturated heterocycles. The van der Waals surface area contributed by atoms with Crippen LogP contribution >= 0.6 is 23.5 Å². The van der Waals surface area contributed by atoms with Gasteiger partial charge in [-0.05, 0) is 36.5 Å². The van der Waals surface area contributed by atoms with E-state index in [1.54, 1.807) is 0 Å². The summed E-state index contributed by atoms with van der Waals surface area (Å²) in [5.41, 5.74) is -3.61. The van der Waals surface area contributed by atoms with Crippen molar-refractivity contribution in [1.82, 2.24) is 0 Å². The molecule has 0 spiro atoms. The van der Waals surface area contributed by atoms with Crippen LogP contribution in [0.1, 0.15) is 13.8 Å². The molecule has 140 valence electrons. The lowest BCUT2D eigenvalue weighted by Crippen LogP contribution is -2.48. The largest absolute Gasteiger partial charge is 0.477 e. The second kappa shape index (κ2) is 4.57. The number of carbonyl (C=O) groups is 1. The van der Waals surface area contributed by atoms with Crippen molar-refractivity contribution in [3.05, 3.63) is 44.8 Å². The van der Waals surface area contributed by atoms with Crippen molar-refractivity contribution in [2.24, 2.45) is 0 Å². The van der Waals surface area contributed by atoms with Gasteiger partial charge in [-0.1, -0.05) is 6.08 Å². The highest BCUT2D eigenvalue weighted by Crippen LogP contribution is 2.73. The molecule has 1 N–H and O–H groups in total. The van der Waals surface area contributed by atoms with Gasteiger partial charge in [0.2, 0.25) is 0 Å². The number of aliphatic carboxylic acids is 1. The Balaban J connectivity index is 2.17. The zero-order valence-electron chi connectivity index (χ0n) is 13.2. The minimum atomic E-state index is -5.61. The van der Waals surface area contributed by atoms with Crippen molar-refractivity contribution in [2.45, 2.75) is 41.1 Å². The fourth-order valence-corrected chi connectivity index (χ4v) is 6.59. The van der Waals surface area contributed by atoms with Crippen LogP contribution in [0.2, 0.25) is 0 Å². The molecule has 2 heterocycles. The van der Waals surface area contributed by atoms with E-state index in [-0.39, 0.29) is 10.5 Å². The van der Waals surface area contributed by atoms with E-state index < -0.39 is 50.0 Å². The molecule has 2 nitrogen and oxygen atoms in total. The van der Waals surface area contributed by atoms with Crippen LogP contribution in [0.25, 0.3) is 0 Å². The number of rotatable bonds is 1. The van der Waals surface area contributed by atoms with Crippen LogP contribution in [0.15, 0.2) is 44.8 Å². The molecule has 2 atom stereocenters. The number of hydrogen-bond donors (Lipinski definition) is 1. The predicted octanol–water partition coefficient (Wildman–Crippen LogP) is 5.01. The summed E-state index contributed by atoms with van der Waals surface area (Å²) in [6.45, 7) is 2.90. The third-order valence-corrected chi connectivity index (χ3v) is 8.53. The highest BCUT2D eigenvalue weighted by atomic mass is 32.2. The van der Waals surface area contributed by atoms with E-state index in [2.05, 4.69) is 0 Å². The molecule has 0 unspecified atom stereocenters. The lowest BCUT2D eigenvalue weighted by atomic mass is 9.71. The zero-order chi connectivity index (χ0) is 19.5. The standard InChI is InChI=1S/C16H10F6O2S2/c1-12-6(3-4-25-12)9-10(15(19,20)16(21,22)14(9,17)18)7-5-8(11(23)24)26-13(7,12)2/h3-5H,1-2H3,(H,23,24)/t12-,13-/m1/s1. The molecule has 26 heavy (non-hydrogen) atoms. The summed E-state index contributed by atoms with van der Waals surface area (Å²) in [4.78, 5) is 11.0. The van der Waals surface area contributed by atoms with Gasteiger partial charge in [0.05, 0.1) is 14.4 Å². The Morgan fingerprint density at radius 1 is 0.962 bits per heavy atom. The number of halogens is 6. The van der Waals surface area contributed by atoms with Gasteiger partial charge in [-0.2, -0.15) is 26.3 Å². The Kier molecular flexibility index (Phi) is 3.18. The number of carboxylic acids is 1. The van der Waals surface area contributed by atoms with E-state index >= 15 is 0 Å². The van der Waals surface area contributed by atoms with Gasteiger partial charge in [0.25, 0.3) is 0 Å². The molecule has 0 bridgehead atoms. The van der Waals surface area contributed by atoms with Crippen LogP contribution in [0.5, 0.6) is 0 Å². The number of allylic oxidation sites excluding steroid dienone is 4. The maximum atomic E-state index is 14.5. The zero-order valence-corrected chi connectivity index (χ0v) is 14.8. The van der Waals surface area contributed by atoms with Crippen LogP contribution < -0.4 is 0 Å².